The van der Waals surface area contributed by atoms with Crippen molar-refractivity contribution in [3.05, 3.63) is 89.5 Å². The standard InChI is InChI=1S/C28H33N3O6S2/c1-22-5-7-23(8-6-22)21-31(38(2,33)34)25-11-9-24(10-12-25)28(32)29-17-20-37-26-13-15-27(16-14-26)39(35,36)30-18-3-4-19-30/h5-16H,3-4,17-21H2,1-2H3,(H,29,32). The van der Waals surface area contributed by atoms with Crippen LogP contribution in [-0.2, 0) is 26.6 Å². The van der Waals surface area contributed by atoms with Crippen LogP contribution in [0.15, 0.2) is 77.7 Å². The van der Waals surface area contributed by atoms with E-state index in [4.69, 9.17) is 4.74 Å². The number of nitrogens with one attached hydrogen (secondary N) is 1. The molecule has 0 aromatic heterocycles. The number of ether oxygens (including phenoxy) is 1. The molecule has 0 spiro atoms. The van der Waals surface area contributed by atoms with E-state index in [-0.39, 0.29) is 30.5 Å². The molecule has 0 aliphatic carbocycles. The number of rotatable bonds is 11. The molecule has 1 saturated heterocycles. The Morgan fingerprint density at radius 3 is 2.10 bits per heavy atom. The molecule has 208 valence electrons. The molecule has 11 heteroatoms. The van der Waals surface area contributed by atoms with Crippen LogP contribution in [0.5, 0.6) is 5.75 Å². The van der Waals surface area contributed by atoms with Crippen molar-refractivity contribution in [2.75, 3.05) is 36.8 Å². The van der Waals surface area contributed by atoms with Crippen molar-refractivity contribution in [1.82, 2.24) is 9.62 Å². The van der Waals surface area contributed by atoms with Gasteiger partial charge < -0.3 is 10.1 Å². The van der Waals surface area contributed by atoms with Gasteiger partial charge in [-0.1, -0.05) is 29.8 Å². The fraction of sp³-hybridized carbons (Fsp3) is 0.321. The van der Waals surface area contributed by atoms with Crippen LogP contribution in [0, 0.1) is 6.92 Å². The van der Waals surface area contributed by atoms with Gasteiger partial charge >= 0.3 is 0 Å². The minimum Gasteiger partial charge on any atom is -0.492 e. The number of hydrogen-bond acceptors (Lipinski definition) is 6. The molecule has 39 heavy (non-hydrogen) atoms. The van der Waals surface area contributed by atoms with Gasteiger partial charge in [-0.3, -0.25) is 9.10 Å². The zero-order valence-electron chi connectivity index (χ0n) is 22.0. The summed E-state index contributed by atoms with van der Waals surface area (Å²) in [6.07, 6.45) is 2.91. The number of anilines is 1. The first kappa shape index (κ1) is 28.6. The third kappa shape index (κ3) is 7.37. The Bertz CT molecular complexity index is 1480. The molecule has 1 fully saturated rings. The second-order valence-electron chi connectivity index (χ2n) is 9.49. The molecule has 1 amide bonds. The van der Waals surface area contributed by atoms with E-state index < -0.39 is 20.0 Å². The van der Waals surface area contributed by atoms with Gasteiger partial charge in [-0.05, 0) is 73.9 Å². The number of carbonyl (C=O) groups excluding carboxylic acids is 1. The molecule has 3 aromatic rings. The molecular weight excluding hydrogens is 538 g/mol. The van der Waals surface area contributed by atoms with Crippen LogP contribution in [0.25, 0.3) is 0 Å². The summed E-state index contributed by atoms with van der Waals surface area (Å²) in [6.45, 7) is 3.68. The second kappa shape index (κ2) is 12.2. The van der Waals surface area contributed by atoms with Gasteiger partial charge in [0.2, 0.25) is 20.0 Å². The van der Waals surface area contributed by atoms with E-state index in [9.17, 15) is 21.6 Å². The van der Waals surface area contributed by atoms with E-state index in [1.54, 1.807) is 36.4 Å². The number of carbonyl (C=O) groups is 1. The minimum atomic E-state index is -3.54. The molecule has 4 rings (SSSR count). The van der Waals surface area contributed by atoms with Gasteiger partial charge in [0.25, 0.3) is 5.91 Å². The SMILES string of the molecule is Cc1ccc(CN(c2ccc(C(=O)NCCOc3ccc(S(=O)(=O)N4CCCC4)cc3)cc2)S(C)(=O)=O)cc1. The first-order valence-corrected chi connectivity index (χ1v) is 16.0. The highest BCUT2D eigenvalue weighted by molar-refractivity contribution is 7.92. The van der Waals surface area contributed by atoms with Gasteiger partial charge in [0.1, 0.15) is 12.4 Å². The smallest absolute Gasteiger partial charge is 0.251 e. The van der Waals surface area contributed by atoms with Gasteiger partial charge in [-0.15, -0.1) is 0 Å². The molecule has 1 heterocycles. The van der Waals surface area contributed by atoms with Crippen LogP contribution >= 0.6 is 0 Å². The topological polar surface area (TPSA) is 113 Å². The highest BCUT2D eigenvalue weighted by atomic mass is 32.2. The lowest BCUT2D eigenvalue weighted by Crippen LogP contribution is -2.30. The Labute approximate surface area is 230 Å². The van der Waals surface area contributed by atoms with E-state index in [2.05, 4.69) is 5.32 Å². The minimum absolute atomic E-state index is 0.188. The summed E-state index contributed by atoms with van der Waals surface area (Å²) in [4.78, 5) is 12.8. The first-order chi connectivity index (χ1) is 18.5. The molecule has 9 nitrogen and oxygen atoms in total. The Morgan fingerprint density at radius 2 is 1.51 bits per heavy atom. The Hall–Kier alpha value is -3.41. The molecule has 3 aromatic carbocycles. The van der Waals surface area contributed by atoms with Gasteiger partial charge in [0.05, 0.1) is 29.9 Å². The largest absolute Gasteiger partial charge is 0.492 e. The lowest BCUT2D eigenvalue weighted by molar-refractivity contribution is 0.0947. The molecule has 0 atom stereocenters. The highest BCUT2D eigenvalue weighted by Gasteiger charge is 2.27. The predicted molar refractivity (Wildman–Crippen MR) is 151 cm³/mol. The average molecular weight is 572 g/mol. The summed E-state index contributed by atoms with van der Waals surface area (Å²) in [6, 6.07) is 20.3. The Balaban J connectivity index is 1.29. The number of benzene rings is 3. The van der Waals surface area contributed by atoms with Crippen molar-refractivity contribution in [3.63, 3.8) is 0 Å². The maximum atomic E-state index is 12.6. The molecule has 1 N–H and O–H groups in total. The zero-order valence-corrected chi connectivity index (χ0v) is 23.7. The van der Waals surface area contributed by atoms with Crippen LogP contribution in [0.1, 0.15) is 34.3 Å². The van der Waals surface area contributed by atoms with Crippen molar-refractivity contribution >= 4 is 31.6 Å². The molecule has 1 aliphatic heterocycles. The van der Waals surface area contributed by atoms with E-state index in [1.807, 2.05) is 31.2 Å². The Morgan fingerprint density at radius 1 is 0.897 bits per heavy atom. The Kier molecular flexibility index (Phi) is 8.94. The van der Waals surface area contributed by atoms with Crippen LogP contribution < -0.4 is 14.4 Å². The van der Waals surface area contributed by atoms with Crippen LogP contribution in [-0.4, -0.2) is 59.5 Å². The lowest BCUT2D eigenvalue weighted by Gasteiger charge is -2.23. The maximum Gasteiger partial charge on any atom is 0.251 e. The van der Waals surface area contributed by atoms with E-state index in [1.165, 1.54) is 20.7 Å². The normalized spacial score (nSPS) is 14.2. The summed E-state index contributed by atoms with van der Waals surface area (Å²) < 4.78 is 58.6. The number of hydrogen-bond donors (Lipinski definition) is 1. The molecule has 0 saturated carbocycles. The van der Waals surface area contributed by atoms with Crippen molar-refractivity contribution < 1.29 is 26.4 Å². The van der Waals surface area contributed by atoms with E-state index in [0.29, 0.717) is 30.1 Å². The summed E-state index contributed by atoms with van der Waals surface area (Å²) in [7, 11) is -7.01. The summed E-state index contributed by atoms with van der Waals surface area (Å²) in [5.41, 5.74) is 2.80. The third-order valence-corrected chi connectivity index (χ3v) is 9.50. The third-order valence-electron chi connectivity index (χ3n) is 6.45. The van der Waals surface area contributed by atoms with Crippen molar-refractivity contribution in [3.8, 4) is 5.75 Å². The lowest BCUT2D eigenvalue weighted by atomic mass is 10.1. The second-order valence-corrected chi connectivity index (χ2v) is 13.3. The van der Waals surface area contributed by atoms with E-state index in [0.717, 1.165) is 30.2 Å². The quantitative estimate of drug-likeness (QED) is 0.352. The number of amides is 1. The molecule has 0 unspecified atom stereocenters. The number of nitrogens with zero attached hydrogens (tertiary/aromatic N) is 2. The van der Waals surface area contributed by atoms with E-state index >= 15 is 0 Å². The van der Waals surface area contributed by atoms with Crippen LogP contribution in [0.3, 0.4) is 0 Å². The van der Waals surface area contributed by atoms with Gasteiger partial charge in [-0.2, -0.15) is 4.31 Å². The monoisotopic (exact) mass is 571 g/mol. The summed E-state index contributed by atoms with van der Waals surface area (Å²) in [5.74, 6) is 0.185. The predicted octanol–water partition coefficient (Wildman–Crippen LogP) is 3.55. The molecule has 0 bridgehead atoms. The van der Waals surface area contributed by atoms with Gasteiger partial charge in [0, 0.05) is 18.7 Å². The number of sulfonamides is 2. The maximum absolute atomic E-state index is 12.6. The average Bonchev–Trinajstić information content (AvgIpc) is 3.47. The van der Waals surface area contributed by atoms with Crippen LogP contribution in [0.4, 0.5) is 5.69 Å². The van der Waals surface area contributed by atoms with Gasteiger partial charge in [-0.25, -0.2) is 16.8 Å². The van der Waals surface area contributed by atoms with Gasteiger partial charge in [0.15, 0.2) is 0 Å². The first-order valence-electron chi connectivity index (χ1n) is 12.7. The summed E-state index contributed by atoms with van der Waals surface area (Å²) >= 11 is 0. The molecule has 1 aliphatic rings. The molecular formula is C28H33N3O6S2. The fourth-order valence-electron chi connectivity index (χ4n) is 4.26. The van der Waals surface area contributed by atoms with Crippen LogP contribution in [0.2, 0.25) is 0 Å². The fourth-order valence-corrected chi connectivity index (χ4v) is 6.66. The molecule has 0 radical (unpaired) electrons. The zero-order chi connectivity index (χ0) is 28.0. The van der Waals surface area contributed by atoms with Crippen molar-refractivity contribution in [2.45, 2.75) is 31.2 Å². The van der Waals surface area contributed by atoms with Crippen molar-refractivity contribution in [1.29, 1.82) is 0 Å². The van der Waals surface area contributed by atoms with Crippen molar-refractivity contribution in [2.24, 2.45) is 0 Å². The highest BCUT2D eigenvalue weighted by Crippen LogP contribution is 2.23. The number of aryl methyl sites for hydroxylation is 1. The summed E-state index contributed by atoms with van der Waals surface area (Å²) in [5, 5.41) is 2.77.